The van der Waals surface area contributed by atoms with Gasteiger partial charge in [0.15, 0.2) is 5.82 Å². The van der Waals surface area contributed by atoms with Crippen molar-refractivity contribution in [3.8, 4) is 0 Å². The Kier molecular flexibility index (Phi) is 3.57. The molecule has 1 fully saturated rings. The summed E-state index contributed by atoms with van der Waals surface area (Å²) < 4.78 is 0. The first kappa shape index (κ1) is 13.3. The van der Waals surface area contributed by atoms with E-state index >= 15 is 0 Å². The first-order chi connectivity index (χ1) is 9.72. The van der Waals surface area contributed by atoms with Crippen LogP contribution in [0.4, 0.5) is 5.82 Å². The van der Waals surface area contributed by atoms with Gasteiger partial charge in [-0.3, -0.25) is 0 Å². The fourth-order valence-corrected chi connectivity index (χ4v) is 3.31. The van der Waals surface area contributed by atoms with E-state index in [0.29, 0.717) is 18.6 Å². The summed E-state index contributed by atoms with van der Waals surface area (Å²) in [5.74, 6) is 0.994. The number of hydrogen-bond donors (Lipinski definition) is 1. The number of rotatable bonds is 2. The minimum absolute atomic E-state index is 0.374. The molecule has 1 aliphatic heterocycles. The predicted molar refractivity (Wildman–Crippen MR) is 82.9 cm³/mol. The molecule has 2 unspecified atom stereocenters. The Bertz CT molecular complexity index is 610. The minimum atomic E-state index is 0.374. The summed E-state index contributed by atoms with van der Waals surface area (Å²) in [6.45, 7) is 4.95. The first-order valence-corrected chi connectivity index (χ1v) is 7.42. The van der Waals surface area contributed by atoms with Gasteiger partial charge in [0.25, 0.3) is 0 Å². The Morgan fingerprint density at radius 3 is 2.70 bits per heavy atom. The highest BCUT2D eigenvalue weighted by Gasteiger charge is 2.29. The van der Waals surface area contributed by atoms with Gasteiger partial charge in [0.2, 0.25) is 0 Å². The van der Waals surface area contributed by atoms with Crippen molar-refractivity contribution in [1.29, 1.82) is 0 Å². The largest absolute Gasteiger partial charge is 0.348 e. The van der Waals surface area contributed by atoms with Crippen molar-refractivity contribution in [2.45, 2.75) is 45.2 Å². The number of benzene rings is 1. The molecule has 4 heteroatoms. The number of nitrogens with zero attached hydrogens (tertiary/aromatic N) is 3. The zero-order valence-corrected chi connectivity index (χ0v) is 12.2. The topological polar surface area (TPSA) is 55.0 Å². The van der Waals surface area contributed by atoms with Crippen molar-refractivity contribution in [3.63, 3.8) is 0 Å². The molecule has 0 amide bonds. The van der Waals surface area contributed by atoms with Crippen molar-refractivity contribution in [3.05, 3.63) is 30.0 Å². The number of aromatic nitrogens is 2. The van der Waals surface area contributed by atoms with Crippen LogP contribution in [0.1, 0.15) is 31.9 Å². The van der Waals surface area contributed by atoms with Gasteiger partial charge >= 0.3 is 0 Å². The minimum Gasteiger partial charge on any atom is -0.348 e. The molecule has 106 valence electrons. The third-order valence-electron chi connectivity index (χ3n) is 4.40. The van der Waals surface area contributed by atoms with Crippen LogP contribution in [0.5, 0.6) is 0 Å². The van der Waals surface area contributed by atoms with Crippen molar-refractivity contribution in [1.82, 2.24) is 10.2 Å². The van der Waals surface area contributed by atoms with Gasteiger partial charge in [-0.05, 0) is 33.1 Å². The number of anilines is 1. The summed E-state index contributed by atoms with van der Waals surface area (Å²) in [5.41, 5.74) is 6.96. The average molecular weight is 270 g/mol. The van der Waals surface area contributed by atoms with Crippen molar-refractivity contribution < 1.29 is 0 Å². The number of fused-ring (bicyclic) bond motifs is 1. The highest BCUT2D eigenvalue weighted by atomic mass is 15.3. The Balaban J connectivity index is 2.15. The zero-order chi connectivity index (χ0) is 14.1. The fraction of sp³-hybridized carbons (Fsp3) is 0.500. The lowest BCUT2D eigenvalue weighted by atomic mass is 9.95. The summed E-state index contributed by atoms with van der Waals surface area (Å²) >= 11 is 0. The van der Waals surface area contributed by atoms with Gasteiger partial charge in [0.05, 0.1) is 5.69 Å². The molecule has 1 saturated heterocycles. The van der Waals surface area contributed by atoms with Gasteiger partial charge in [0, 0.05) is 29.4 Å². The van der Waals surface area contributed by atoms with E-state index in [1.165, 1.54) is 23.6 Å². The molecule has 3 rings (SSSR count). The number of piperidine rings is 1. The van der Waals surface area contributed by atoms with Crippen LogP contribution < -0.4 is 10.6 Å². The van der Waals surface area contributed by atoms with E-state index in [1.807, 2.05) is 6.92 Å². The first-order valence-electron chi connectivity index (χ1n) is 7.42. The molecule has 1 aromatic heterocycles. The third-order valence-corrected chi connectivity index (χ3v) is 4.40. The standard InChI is InChI=1S/C16H22N4/c1-11-6-5-7-13(10-17)20(11)16-15-9-4-3-8-14(15)12(2)18-19-16/h3-4,8-9,11,13H,5-7,10,17H2,1-2H3. The second-order valence-corrected chi connectivity index (χ2v) is 5.73. The van der Waals surface area contributed by atoms with Crippen LogP contribution in [0.2, 0.25) is 0 Å². The molecular formula is C16H22N4. The molecule has 0 aliphatic carbocycles. The molecule has 4 nitrogen and oxygen atoms in total. The zero-order valence-electron chi connectivity index (χ0n) is 12.2. The van der Waals surface area contributed by atoms with Gasteiger partial charge < -0.3 is 10.6 Å². The molecular weight excluding hydrogens is 248 g/mol. The molecule has 0 spiro atoms. The predicted octanol–water partition coefficient (Wildman–Crippen LogP) is 2.64. The fourth-order valence-electron chi connectivity index (χ4n) is 3.31. The van der Waals surface area contributed by atoms with Crippen molar-refractivity contribution in [2.75, 3.05) is 11.4 Å². The van der Waals surface area contributed by atoms with E-state index in [1.54, 1.807) is 0 Å². The van der Waals surface area contributed by atoms with Crippen LogP contribution in [0.3, 0.4) is 0 Å². The van der Waals surface area contributed by atoms with Gasteiger partial charge in [-0.25, -0.2) is 0 Å². The Hall–Kier alpha value is -1.68. The molecule has 20 heavy (non-hydrogen) atoms. The van der Waals surface area contributed by atoms with Crippen LogP contribution in [0, 0.1) is 6.92 Å². The molecule has 2 aromatic rings. The molecule has 2 heterocycles. The maximum absolute atomic E-state index is 5.98. The highest BCUT2D eigenvalue weighted by Crippen LogP contribution is 2.32. The maximum Gasteiger partial charge on any atom is 0.159 e. The Morgan fingerprint density at radius 2 is 1.95 bits per heavy atom. The highest BCUT2D eigenvalue weighted by molar-refractivity contribution is 5.93. The van der Waals surface area contributed by atoms with Crippen molar-refractivity contribution in [2.24, 2.45) is 5.73 Å². The SMILES string of the molecule is Cc1nnc(N2C(C)CCCC2CN)c2ccccc12. The molecule has 1 aliphatic rings. The quantitative estimate of drug-likeness (QED) is 0.911. The summed E-state index contributed by atoms with van der Waals surface area (Å²) in [5, 5.41) is 11.2. The molecule has 1 aromatic carbocycles. The number of aryl methyl sites for hydroxylation is 1. The second-order valence-electron chi connectivity index (χ2n) is 5.73. The van der Waals surface area contributed by atoms with E-state index in [-0.39, 0.29) is 0 Å². The Labute approximate surface area is 120 Å². The number of nitrogens with two attached hydrogens (primary N) is 1. The summed E-state index contributed by atoms with van der Waals surface area (Å²) in [7, 11) is 0. The molecule has 0 bridgehead atoms. The van der Waals surface area contributed by atoms with Gasteiger partial charge in [0.1, 0.15) is 0 Å². The van der Waals surface area contributed by atoms with Crippen LogP contribution in [0.15, 0.2) is 24.3 Å². The second kappa shape index (κ2) is 5.37. The third kappa shape index (κ3) is 2.14. The van der Waals surface area contributed by atoms with Crippen LogP contribution in [-0.2, 0) is 0 Å². The van der Waals surface area contributed by atoms with Crippen LogP contribution in [-0.4, -0.2) is 28.8 Å². The van der Waals surface area contributed by atoms with E-state index < -0.39 is 0 Å². The molecule has 0 saturated carbocycles. The normalized spacial score (nSPS) is 23.2. The van der Waals surface area contributed by atoms with Crippen LogP contribution in [0.25, 0.3) is 10.8 Å². The van der Waals surface area contributed by atoms with E-state index in [4.69, 9.17) is 5.73 Å². The Morgan fingerprint density at radius 1 is 1.20 bits per heavy atom. The average Bonchev–Trinajstić information content (AvgIpc) is 2.48. The number of hydrogen-bond acceptors (Lipinski definition) is 4. The lowest BCUT2D eigenvalue weighted by Gasteiger charge is -2.41. The van der Waals surface area contributed by atoms with E-state index in [9.17, 15) is 0 Å². The van der Waals surface area contributed by atoms with Crippen molar-refractivity contribution >= 4 is 16.6 Å². The van der Waals surface area contributed by atoms with Gasteiger partial charge in [-0.15, -0.1) is 5.10 Å². The lowest BCUT2D eigenvalue weighted by molar-refractivity contribution is 0.397. The van der Waals surface area contributed by atoms with Gasteiger partial charge in [-0.1, -0.05) is 24.3 Å². The van der Waals surface area contributed by atoms with E-state index in [0.717, 1.165) is 17.9 Å². The molecule has 2 N–H and O–H groups in total. The van der Waals surface area contributed by atoms with Gasteiger partial charge in [-0.2, -0.15) is 5.10 Å². The summed E-state index contributed by atoms with van der Waals surface area (Å²) in [4.78, 5) is 2.39. The summed E-state index contributed by atoms with van der Waals surface area (Å²) in [6, 6.07) is 9.23. The molecule has 2 atom stereocenters. The van der Waals surface area contributed by atoms with Crippen LogP contribution >= 0.6 is 0 Å². The molecule has 0 radical (unpaired) electrons. The monoisotopic (exact) mass is 270 g/mol. The smallest absolute Gasteiger partial charge is 0.159 e. The maximum atomic E-state index is 5.98. The lowest BCUT2D eigenvalue weighted by Crippen LogP contribution is -2.49. The van der Waals surface area contributed by atoms with E-state index in [2.05, 4.69) is 46.3 Å². The summed E-state index contributed by atoms with van der Waals surface area (Å²) in [6.07, 6.45) is 3.59.